The third-order valence-corrected chi connectivity index (χ3v) is 4.58. The summed E-state index contributed by atoms with van der Waals surface area (Å²) < 4.78 is 1.03. The first-order valence-electron chi connectivity index (χ1n) is 6.55. The van der Waals surface area contributed by atoms with Crippen molar-refractivity contribution in [3.8, 4) is 0 Å². The normalized spacial score (nSPS) is 18.9. The summed E-state index contributed by atoms with van der Waals surface area (Å²) in [5, 5.41) is 9.95. The molecule has 1 N–H and O–H groups in total. The average Bonchev–Trinajstić information content (AvgIpc) is 2.41. The second kappa shape index (κ2) is 5.02. The van der Waals surface area contributed by atoms with Crippen molar-refractivity contribution in [2.75, 3.05) is 0 Å². The van der Waals surface area contributed by atoms with Gasteiger partial charge in [-0.1, -0.05) is 28.1 Å². The van der Waals surface area contributed by atoms with Crippen LogP contribution in [0, 0.1) is 0 Å². The zero-order chi connectivity index (χ0) is 14.3. The van der Waals surface area contributed by atoms with E-state index in [1.807, 2.05) is 12.1 Å². The van der Waals surface area contributed by atoms with E-state index in [2.05, 4.69) is 22.0 Å². The lowest BCUT2D eigenvalue weighted by Gasteiger charge is -2.17. The van der Waals surface area contributed by atoms with Crippen molar-refractivity contribution in [3.05, 3.63) is 56.8 Å². The van der Waals surface area contributed by atoms with Crippen LogP contribution in [0.3, 0.4) is 0 Å². The molecular formula is C16H13BrO3. The molecule has 0 radical (unpaired) electrons. The van der Waals surface area contributed by atoms with Crippen molar-refractivity contribution < 1.29 is 14.7 Å². The zero-order valence-corrected chi connectivity index (χ0v) is 12.4. The van der Waals surface area contributed by atoms with Gasteiger partial charge in [-0.25, -0.2) is 0 Å². The number of halogens is 1. The van der Waals surface area contributed by atoms with Crippen LogP contribution in [0.5, 0.6) is 0 Å². The van der Waals surface area contributed by atoms with E-state index >= 15 is 0 Å². The zero-order valence-electron chi connectivity index (χ0n) is 10.8. The fourth-order valence-corrected chi connectivity index (χ4v) is 3.26. The lowest BCUT2D eigenvalue weighted by Crippen LogP contribution is -2.20. The molecular weight excluding hydrogens is 320 g/mol. The molecule has 0 aromatic heterocycles. The number of carbonyl (C=O) groups excluding carboxylic acids is 2. The molecule has 4 heteroatoms. The first-order chi connectivity index (χ1) is 9.56. The summed E-state index contributed by atoms with van der Waals surface area (Å²) >= 11 is 3.55. The van der Waals surface area contributed by atoms with E-state index < -0.39 is 5.78 Å². The van der Waals surface area contributed by atoms with E-state index in [-0.39, 0.29) is 17.1 Å². The molecule has 0 fully saturated rings. The van der Waals surface area contributed by atoms with Crippen molar-refractivity contribution in [3.63, 3.8) is 0 Å². The summed E-state index contributed by atoms with van der Waals surface area (Å²) in [5.74, 6) is -0.988. The number of hydrogen-bond donors (Lipinski definition) is 1. The lowest BCUT2D eigenvalue weighted by atomic mass is 9.87. The van der Waals surface area contributed by atoms with Crippen LogP contribution in [0.2, 0.25) is 0 Å². The van der Waals surface area contributed by atoms with E-state index in [0.717, 1.165) is 15.6 Å². The highest BCUT2D eigenvalue weighted by Gasteiger charge is 2.28. The maximum Gasteiger partial charge on any atom is 0.223 e. The Kier molecular flexibility index (Phi) is 3.34. The fourth-order valence-electron chi connectivity index (χ4n) is 2.63. The molecule has 5 aliphatic rings. The molecule has 1 aromatic carbocycles. The molecule has 20 heavy (non-hydrogen) atoms. The molecule has 0 heterocycles. The molecule has 0 saturated heterocycles. The van der Waals surface area contributed by atoms with Gasteiger partial charge in [0.1, 0.15) is 0 Å². The van der Waals surface area contributed by atoms with Crippen LogP contribution in [-0.4, -0.2) is 16.7 Å². The van der Waals surface area contributed by atoms with E-state index in [4.69, 9.17) is 0 Å². The molecule has 0 saturated carbocycles. The van der Waals surface area contributed by atoms with E-state index in [1.165, 1.54) is 6.08 Å². The maximum absolute atomic E-state index is 12.1. The van der Waals surface area contributed by atoms with Crippen LogP contribution >= 0.6 is 15.9 Å². The number of hydrogen-bond acceptors (Lipinski definition) is 3. The Morgan fingerprint density at radius 3 is 2.60 bits per heavy atom. The Labute approximate surface area is 125 Å². The second-order valence-electron chi connectivity index (χ2n) is 5.12. The number of aliphatic hydroxyl groups excluding tert-OH is 1. The topological polar surface area (TPSA) is 54.4 Å². The molecule has 3 nitrogen and oxygen atoms in total. The molecule has 0 aliphatic heterocycles. The fraction of sp³-hybridized carbons (Fsp3) is 0.250. The molecule has 1 aromatic rings. The van der Waals surface area contributed by atoms with Gasteiger partial charge in [0.2, 0.25) is 5.78 Å². The van der Waals surface area contributed by atoms with Crippen LogP contribution < -0.4 is 0 Å². The number of ketones is 2. The van der Waals surface area contributed by atoms with Gasteiger partial charge in [0.05, 0.1) is 0 Å². The Bertz CT molecular complexity index is 683. The monoisotopic (exact) mass is 332 g/mol. The highest BCUT2D eigenvalue weighted by atomic mass is 79.9. The predicted octanol–water partition coefficient (Wildman–Crippen LogP) is 3.22. The van der Waals surface area contributed by atoms with E-state index in [9.17, 15) is 14.7 Å². The predicted molar refractivity (Wildman–Crippen MR) is 78.5 cm³/mol. The van der Waals surface area contributed by atoms with E-state index in [1.54, 1.807) is 0 Å². The van der Waals surface area contributed by atoms with Gasteiger partial charge >= 0.3 is 0 Å². The van der Waals surface area contributed by atoms with Gasteiger partial charge in [-0.3, -0.25) is 9.59 Å². The molecule has 6 rings (SSSR count). The molecule has 0 amide bonds. The Morgan fingerprint density at radius 2 is 1.85 bits per heavy atom. The molecule has 0 unspecified atom stereocenters. The summed E-state index contributed by atoms with van der Waals surface area (Å²) in [5.41, 5.74) is 2.81. The molecule has 5 aliphatic carbocycles. The lowest BCUT2D eigenvalue weighted by molar-refractivity contribution is -0.118. The summed E-state index contributed by atoms with van der Waals surface area (Å²) in [6.45, 7) is 0. The number of benzene rings is 1. The minimum atomic E-state index is -0.397. The molecule has 0 spiro atoms. The van der Waals surface area contributed by atoms with Gasteiger partial charge in [-0.15, -0.1) is 0 Å². The average molecular weight is 333 g/mol. The van der Waals surface area contributed by atoms with Crippen molar-refractivity contribution >= 4 is 27.5 Å². The minimum absolute atomic E-state index is 0.230. The van der Waals surface area contributed by atoms with Crippen LogP contribution in [0.4, 0.5) is 0 Å². The second-order valence-corrected chi connectivity index (χ2v) is 5.97. The smallest absolute Gasteiger partial charge is 0.223 e. The van der Waals surface area contributed by atoms with E-state index in [0.29, 0.717) is 31.3 Å². The van der Waals surface area contributed by atoms with Crippen molar-refractivity contribution in [1.82, 2.24) is 0 Å². The third kappa shape index (κ3) is 2.24. The van der Waals surface area contributed by atoms with Gasteiger partial charge in [0, 0.05) is 15.6 Å². The first kappa shape index (κ1) is 13.3. The van der Waals surface area contributed by atoms with Crippen molar-refractivity contribution in [2.45, 2.75) is 25.7 Å². The van der Waals surface area contributed by atoms with Crippen LogP contribution in [-0.2, 0) is 22.4 Å². The number of Topliss-reactive ketones (excluding diaryl/α,β-unsaturated/α-hetero) is 1. The van der Waals surface area contributed by atoms with Crippen LogP contribution in [0.25, 0.3) is 0 Å². The van der Waals surface area contributed by atoms with Crippen molar-refractivity contribution in [1.29, 1.82) is 0 Å². The Hall–Kier alpha value is -1.68. The molecule has 4 bridgehead atoms. The SMILES string of the molecule is O=C1C=C2CCc3ccc(cc3Br)CCC1=C(O)C2=O. The Balaban J connectivity index is 2.08. The molecule has 0 atom stereocenters. The number of aryl methyl sites for hydroxylation is 2. The summed E-state index contributed by atoms with van der Waals surface area (Å²) in [6, 6.07) is 6.13. The molecule has 102 valence electrons. The third-order valence-electron chi connectivity index (χ3n) is 3.84. The summed E-state index contributed by atoms with van der Waals surface area (Å²) in [7, 11) is 0. The van der Waals surface area contributed by atoms with Crippen LogP contribution in [0.15, 0.2) is 45.7 Å². The van der Waals surface area contributed by atoms with Crippen molar-refractivity contribution in [2.24, 2.45) is 0 Å². The first-order valence-corrected chi connectivity index (χ1v) is 7.34. The highest BCUT2D eigenvalue weighted by molar-refractivity contribution is 9.10. The van der Waals surface area contributed by atoms with Gasteiger partial charge in [0.25, 0.3) is 0 Å². The number of rotatable bonds is 0. The van der Waals surface area contributed by atoms with Gasteiger partial charge < -0.3 is 5.11 Å². The standard InChI is InChI=1S/C16H13BrO3/c17-13-7-9-1-3-10(13)4-5-11-8-14(18)12(6-2-9)16(20)15(11)19/h1,3,7-8,20H,2,4-6H2. The van der Waals surface area contributed by atoms with Gasteiger partial charge in [-0.2, -0.15) is 0 Å². The quantitative estimate of drug-likeness (QED) is 0.742. The number of allylic oxidation sites excluding steroid dienone is 3. The highest BCUT2D eigenvalue weighted by Crippen LogP contribution is 2.28. The van der Waals surface area contributed by atoms with Gasteiger partial charge in [0.15, 0.2) is 11.5 Å². The Morgan fingerprint density at radius 1 is 1.05 bits per heavy atom. The summed E-state index contributed by atoms with van der Waals surface area (Å²) in [4.78, 5) is 24.1. The number of aliphatic hydroxyl groups is 1. The number of carbonyl (C=O) groups is 2. The maximum atomic E-state index is 12.1. The van der Waals surface area contributed by atoms with Gasteiger partial charge in [-0.05, 0) is 49.0 Å². The largest absolute Gasteiger partial charge is 0.504 e. The van der Waals surface area contributed by atoms with Crippen LogP contribution in [0.1, 0.15) is 24.0 Å². The summed E-state index contributed by atoms with van der Waals surface area (Å²) in [6.07, 6.45) is 3.51. The minimum Gasteiger partial charge on any atom is -0.504 e.